The fourth-order valence-electron chi connectivity index (χ4n) is 3.76. The van der Waals surface area contributed by atoms with E-state index >= 15 is 0 Å². The van der Waals surface area contributed by atoms with Crippen molar-refractivity contribution in [2.24, 2.45) is 0 Å². The second-order valence-electron chi connectivity index (χ2n) is 10.4. The van der Waals surface area contributed by atoms with Gasteiger partial charge in [0.05, 0.1) is 14.8 Å². The lowest BCUT2D eigenvalue weighted by atomic mass is 10.2. The topological polar surface area (TPSA) is 190 Å². The monoisotopic (exact) mass is 768 g/mol. The summed E-state index contributed by atoms with van der Waals surface area (Å²) in [6.07, 6.45) is 4.17. The number of nitrogens with one attached hydrogen (secondary N) is 1. The summed E-state index contributed by atoms with van der Waals surface area (Å²) in [6.45, 7) is 12.3. The summed E-state index contributed by atoms with van der Waals surface area (Å²) in [5.74, 6) is 0.262. The number of nitrogens with zero attached hydrogens (tertiary/aromatic N) is 9. The maximum Gasteiger partial charge on any atom is 0.329 e. The Morgan fingerprint density at radius 2 is 1.04 bits per heavy atom. The molecule has 0 saturated heterocycles. The average Bonchev–Trinajstić information content (AvgIpc) is 2.97. The molecule has 274 valence electrons. The summed E-state index contributed by atoms with van der Waals surface area (Å²) in [6, 6.07) is 5.63. The molecule has 0 fully saturated rings. The number of pyridine rings is 3. The second kappa shape index (κ2) is 24.5. The molecule has 0 unspecified atom stereocenters. The molecular formula is C29H44Cl4N10O6. The minimum Gasteiger partial charge on any atom is -0.372 e. The predicted molar refractivity (Wildman–Crippen MR) is 199 cm³/mol. The lowest BCUT2D eigenvalue weighted by Gasteiger charge is -2.28. The number of anilines is 2. The highest BCUT2D eigenvalue weighted by molar-refractivity contribution is 6.37. The van der Waals surface area contributed by atoms with Crippen molar-refractivity contribution in [1.29, 1.82) is 0 Å². The van der Waals surface area contributed by atoms with E-state index in [9.17, 15) is 30.3 Å². The summed E-state index contributed by atoms with van der Waals surface area (Å²) >= 11 is 22.1. The van der Waals surface area contributed by atoms with Crippen LogP contribution in [0.3, 0.4) is 0 Å². The van der Waals surface area contributed by atoms with Gasteiger partial charge in [0, 0.05) is 58.9 Å². The van der Waals surface area contributed by atoms with Crippen LogP contribution in [0.1, 0.15) is 34.6 Å². The first kappa shape index (κ1) is 47.4. The zero-order valence-electron chi connectivity index (χ0n) is 29.3. The van der Waals surface area contributed by atoms with Gasteiger partial charge in [-0.25, -0.2) is 15.0 Å². The molecule has 3 heterocycles. The van der Waals surface area contributed by atoms with E-state index < -0.39 is 14.8 Å². The van der Waals surface area contributed by atoms with Crippen LogP contribution in [0.2, 0.25) is 20.4 Å². The maximum absolute atomic E-state index is 10.6. The Kier molecular flexibility index (Phi) is 23.7. The zero-order chi connectivity index (χ0) is 38.6. The Morgan fingerprint density at radius 1 is 0.673 bits per heavy atom. The van der Waals surface area contributed by atoms with E-state index in [0.717, 1.165) is 6.54 Å². The molecule has 0 radical (unpaired) electrons. The quantitative estimate of drug-likeness (QED) is 0.134. The van der Waals surface area contributed by atoms with Crippen LogP contribution in [0.25, 0.3) is 0 Å². The molecule has 0 aliphatic heterocycles. The van der Waals surface area contributed by atoms with E-state index in [-0.39, 0.29) is 43.2 Å². The smallest absolute Gasteiger partial charge is 0.329 e. The number of hydrogen-bond donors (Lipinski definition) is 1. The number of aromatic nitrogens is 3. The van der Waals surface area contributed by atoms with Gasteiger partial charge in [-0.2, -0.15) is 0 Å². The van der Waals surface area contributed by atoms with Crippen LogP contribution in [0.5, 0.6) is 0 Å². The molecule has 0 aromatic carbocycles. The molecule has 0 spiro atoms. The molecule has 0 aliphatic rings. The maximum atomic E-state index is 10.6. The third-order valence-corrected chi connectivity index (χ3v) is 6.85. The summed E-state index contributed by atoms with van der Waals surface area (Å²) < 4.78 is 0. The molecule has 0 amide bonds. The molecule has 0 atom stereocenters. The van der Waals surface area contributed by atoms with Crippen molar-refractivity contribution in [1.82, 2.24) is 25.2 Å². The van der Waals surface area contributed by atoms with Gasteiger partial charge in [-0.3, -0.25) is 35.2 Å². The van der Waals surface area contributed by atoms with Crippen molar-refractivity contribution in [2.45, 2.75) is 46.7 Å². The Hall–Kier alpha value is -3.67. The van der Waals surface area contributed by atoms with Gasteiger partial charge in [-0.1, -0.05) is 53.3 Å². The van der Waals surface area contributed by atoms with E-state index in [0.29, 0.717) is 17.8 Å². The highest BCUT2D eigenvalue weighted by Gasteiger charge is 2.22. The zero-order valence-corrected chi connectivity index (χ0v) is 32.3. The van der Waals surface area contributed by atoms with Gasteiger partial charge in [-0.15, -0.1) is 0 Å². The van der Waals surface area contributed by atoms with Crippen molar-refractivity contribution in [2.75, 3.05) is 58.6 Å². The lowest BCUT2D eigenvalue weighted by Crippen LogP contribution is -2.36. The van der Waals surface area contributed by atoms with E-state index in [4.69, 9.17) is 46.4 Å². The number of rotatable bonds is 8. The fraction of sp³-hybridized carbons (Fsp3) is 0.483. The summed E-state index contributed by atoms with van der Waals surface area (Å²) in [4.78, 5) is 46.3. The standard InChI is InChI=1S/C8H19N.2C7H8ClN3O2.C5H2Cl2N2O2.C2H7N/c1-6-9(7(2)3)8(4)5;1-10(2)5-3-4-9-7(8)6(5)11(12)13;1-10(2)7-6(11(12)13)5(8)3-4-9-7;6-3-1-2-8-5(7)4(3)9(10)11;1-3-2/h7-8H,6H2,1-5H3;2*3-4H,1-2H3;1-2H;3H,1-2H3. The van der Waals surface area contributed by atoms with Crippen LogP contribution in [0.4, 0.5) is 28.6 Å². The van der Waals surface area contributed by atoms with Crippen LogP contribution in [0.15, 0.2) is 36.8 Å². The molecule has 3 aromatic rings. The Morgan fingerprint density at radius 3 is 1.29 bits per heavy atom. The van der Waals surface area contributed by atoms with E-state index in [1.165, 1.54) is 30.7 Å². The second-order valence-corrected chi connectivity index (χ2v) is 12.0. The van der Waals surface area contributed by atoms with Gasteiger partial charge in [-0.05, 0) is 66.5 Å². The van der Waals surface area contributed by atoms with Gasteiger partial charge in [0.2, 0.25) is 16.1 Å². The minimum atomic E-state index is -0.669. The van der Waals surface area contributed by atoms with Crippen LogP contribution >= 0.6 is 46.4 Å². The van der Waals surface area contributed by atoms with Crippen LogP contribution in [0, 0.1) is 30.3 Å². The third kappa shape index (κ3) is 17.0. The summed E-state index contributed by atoms with van der Waals surface area (Å²) in [5, 5.41) is 34.0. The van der Waals surface area contributed by atoms with Crippen molar-refractivity contribution >= 4 is 75.0 Å². The fourth-order valence-corrected chi connectivity index (χ4v) is 4.68. The van der Waals surface area contributed by atoms with E-state index in [1.807, 2.05) is 14.1 Å². The third-order valence-electron chi connectivity index (χ3n) is 5.69. The molecule has 0 saturated carbocycles. The van der Waals surface area contributed by atoms with Crippen molar-refractivity contribution in [3.63, 3.8) is 0 Å². The van der Waals surface area contributed by atoms with Crippen LogP contribution in [-0.4, -0.2) is 95.5 Å². The molecule has 1 N–H and O–H groups in total. The number of hydrogen-bond acceptors (Lipinski definition) is 13. The SMILES string of the molecule is CCN(C(C)C)C(C)C.CN(C)c1ccnc(Cl)c1[N+](=O)[O-].CN(C)c1nccc(Cl)c1[N+](=O)[O-].CNC.O=[N+]([O-])c1c(Cl)ccnc1Cl. The van der Waals surface area contributed by atoms with Crippen molar-refractivity contribution < 1.29 is 14.8 Å². The predicted octanol–water partition coefficient (Wildman–Crippen LogP) is 7.68. The molecule has 20 heteroatoms. The Labute approximate surface area is 306 Å². The van der Waals surface area contributed by atoms with Crippen LogP contribution in [-0.2, 0) is 0 Å². The molecular weight excluding hydrogens is 726 g/mol. The minimum absolute atomic E-state index is 0.00463. The highest BCUT2D eigenvalue weighted by atomic mass is 35.5. The van der Waals surface area contributed by atoms with Crippen LogP contribution < -0.4 is 15.1 Å². The number of halogens is 4. The largest absolute Gasteiger partial charge is 0.372 e. The molecule has 0 aliphatic carbocycles. The molecule has 16 nitrogen and oxygen atoms in total. The molecule has 0 bridgehead atoms. The van der Waals surface area contributed by atoms with E-state index in [2.05, 4.69) is 59.8 Å². The average molecular weight is 771 g/mol. The van der Waals surface area contributed by atoms with Gasteiger partial charge in [0.15, 0.2) is 0 Å². The molecule has 49 heavy (non-hydrogen) atoms. The molecule has 3 aromatic heterocycles. The first-order chi connectivity index (χ1) is 22.7. The Bertz CT molecular complexity index is 1390. The Balaban J connectivity index is 0. The molecule has 3 rings (SSSR count). The van der Waals surface area contributed by atoms with Gasteiger partial charge >= 0.3 is 17.1 Å². The van der Waals surface area contributed by atoms with Gasteiger partial charge < -0.3 is 15.1 Å². The highest BCUT2D eigenvalue weighted by Crippen LogP contribution is 2.33. The van der Waals surface area contributed by atoms with Gasteiger partial charge in [0.25, 0.3) is 0 Å². The van der Waals surface area contributed by atoms with Crippen molar-refractivity contribution in [3.8, 4) is 0 Å². The first-order valence-electron chi connectivity index (χ1n) is 14.4. The summed E-state index contributed by atoms with van der Waals surface area (Å²) in [7, 11) is 10.5. The van der Waals surface area contributed by atoms with Gasteiger partial charge in [0.1, 0.15) is 15.7 Å². The normalized spacial score (nSPS) is 9.92. The summed E-state index contributed by atoms with van der Waals surface area (Å²) in [5.41, 5.74) is -0.218. The van der Waals surface area contributed by atoms with E-state index in [1.54, 1.807) is 44.1 Å². The number of nitro groups is 3. The van der Waals surface area contributed by atoms with Crippen molar-refractivity contribution in [3.05, 3.63) is 87.5 Å². The lowest BCUT2D eigenvalue weighted by molar-refractivity contribution is -0.384. The first-order valence-corrected chi connectivity index (χ1v) is 15.9.